The summed E-state index contributed by atoms with van der Waals surface area (Å²) in [6.07, 6.45) is 0.158. The van der Waals surface area contributed by atoms with E-state index in [4.69, 9.17) is 4.74 Å². The fourth-order valence-corrected chi connectivity index (χ4v) is 1.54. The molecule has 0 aliphatic rings. The maximum Gasteiger partial charge on any atom is 0.165 e. The lowest BCUT2D eigenvalue weighted by atomic mass is 9.90. The second-order valence-electron chi connectivity index (χ2n) is 5.09. The Labute approximate surface area is 104 Å². The Bertz CT molecular complexity index is 363. The molecular formula is C15H22O2. The van der Waals surface area contributed by atoms with E-state index in [1.54, 1.807) is 0 Å². The monoisotopic (exact) mass is 234 g/mol. The predicted molar refractivity (Wildman–Crippen MR) is 70.5 cm³/mol. The lowest BCUT2D eigenvalue weighted by Crippen LogP contribution is -2.16. The predicted octanol–water partition coefficient (Wildman–Crippen LogP) is 3.95. The third-order valence-electron chi connectivity index (χ3n) is 2.92. The van der Waals surface area contributed by atoms with Gasteiger partial charge in [0, 0.05) is 11.5 Å². The van der Waals surface area contributed by atoms with E-state index < -0.39 is 0 Å². The van der Waals surface area contributed by atoms with Crippen LogP contribution in [0.5, 0.6) is 5.75 Å². The molecule has 1 unspecified atom stereocenters. The number of carbonyl (C=O) groups is 1. The number of ether oxygens (including phenoxy) is 1. The van der Waals surface area contributed by atoms with Crippen molar-refractivity contribution in [3.05, 3.63) is 29.8 Å². The van der Waals surface area contributed by atoms with Crippen molar-refractivity contribution in [3.63, 3.8) is 0 Å². The van der Waals surface area contributed by atoms with E-state index in [0.717, 1.165) is 11.3 Å². The Hall–Kier alpha value is -1.31. The van der Waals surface area contributed by atoms with Crippen LogP contribution in [0.15, 0.2) is 24.3 Å². The zero-order valence-electron chi connectivity index (χ0n) is 11.4. The molecule has 1 aromatic rings. The first-order valence-electron chi connectivity index (χ1n) is 6.22. The van der Waals surface area contributed by atoms with E-state index >= 15 is 0 Å². The summed E-state index contributed by atoms with van der Waals surface area (Å²) in [6, 6.07) is 7.42. The van der Waals surface area contributed by atoms with Gasteiger partial charge in [-0.1, -0.05) is 20.8 Å². The number of rotatable bonds is 5. The highest BCUT2D eigenvalue weighted by atomic mass is 16.5. The van der Waals surface area contributed by atoms with Crippen LogP contribution in [0.2, 0.25) is 0 Å². The molecule has 0 aliphatic heterocycles. The average Bonchev–Trinajstić information content (AvgIpc) is 2.27. The molecule has 0 aliphatic carbocycles. The summed E-state index contributed by atoms with van der Waals surface area (Å²) < 4.78 is 5.55. The van der Waals surface area contributed by atoms with E-state index in [2.05, 4.69) is 13.8 Å². The lowest BCUT2D eigenvalue weighted by molar-refractivity contribution is 0.0899. The Balaban J connectivity index is 2.77. The van der Waals surface area contributed by atoms with Crippen molar-refractivity contribution in [2.75, 3.05) is 0 Å². The average molecular weight is 234 g/mol. The zero-order valence-corrected chi connectivity index (χ0v) is 11.4. The fraction of sp³-hybridized carbons (Fsp3) is 0.533. The molecule has 2 heteroatoms. The molecule has 0 N–H and O–H groups in total. The number of benzene rings is 1. The first-order valence-corrected chi connectivity index (χ1v) is 6.22. The van der Waals surface area contributed by atoms with Crippen LogP contribution in [0, 0.1) is 11.8 Å². The molecule has 1 aromatic carbocycles. The molecule has 1 rings (SSSR count). The molecule has 0 heterocycles. The van der Waals surface area contributed by atoms with Gasteiger partial charge in [-0.3, -0.25) is 4.79 Å². The first-order chi connectivity index (χ1) is 7.91. The number of hydrogen-bond donors (Lipinski definition) is 0. The first kappa shape index (κ1) is 13.8. The highest BCUT2D eigenvalue weighted by molar-refractivity contribution is 5.97. The minimum absolute atomic E-state index is 0.0619. The fourth-order valence-electron chi connectivity index (χ4n) is 1.54. The van der Waals surface area contributed by atoms with E-state index in [1.807, 2.05) is 45.0 Å². The van der Waals surface area contributed by atoms with Crippen LogP contribution < -0.4 is 4.74 Å². The summed E-state index contributed by atoms with van der Waals surface area (Å²) in [4.78, 5) is 12.1. The van der Waals surface area contributed by atoms with Crippen LogP contribution >= 0.6 is 0 Å². The third kappa shape index (κ3) is 3.88. The Morgan fingerprint density at radius 2 is 1.53 bits per heavy atom. The molecule has 0 radical (unpaired) electrons. The van der Waals surface area contributed by atoms with Crippen molar-refractivity contribution in [1.29, 1.82) is 0 Å². The standard InChI is InChI=1S/C15H22O2/c1-10(2)12(5)15(16)13-6-8-14(9-7-13)17-11(3)4/h6-12H,1-5H3. The SMILES string of the molecule is CC(C)Oc1ccc(C(=O)C(C)C(C)C)cc1. The minimum atomic E-state index is 0.0619. The minimum Gasteiger partial charge on any atom is -0.491 e. The Kier molecular flexibility index (Phi) is 4.73. The molecular weight excluding hydrogens is 212 g/mol. The van der Waals surface area contributed by atoms with Gasteiger partial charge in [0.15, 0.2) is 5.78 Å². The van der Waals surface area contributed by atoms with Gasteiger partial charge in [0.25, 0.3) is 0 Å². The topological polar surface area (TPSA) is 26.3 Å². The van der Waals surface area contributed by atoms with Crippen molar-refractivity contribution >= 4 is 5.78 Å². The van der Waals surface area contributed by atoms with E-state index in [-0.39, 0.29) is 17.8 Å². The van der Waals surface area contributed by atoms with Crippen molar-refractivity contribution < 1.29 is 9.53 Å². The Morgan fingerprint density at radius 1 is 1.00 bits per heavy atom. The molecule has 1 atom stereocenters. The second-order valence-corrected chi connectivity index (χ2v) is 5.09. The van der Waals surface area contributed by atoms with Crippen LogP contribution in [0.25, 0.3) is 0 Å². The van der Waals surface area contributed by atoms with Crippen LogP contribution in [-0.4, -0.2) is 11.9 Å². The lowest BCUT2D eigenvalue weighted by Gasteiger charge is -2.15. The zero-order chi connectivity index (χ0) is 13.0. The number of ketones is 1. The molecule has 0 spiro atoms. The highest BCUT2D eigenvalue weighted by Gasteiger charge is 2.18. The van der Waals surface area contributed by atoms with Crippen LogP contribution in [0.1, 0.15) is 45.0 Å². The normalized spacial score (nSPS) is 12.9. The number of hydrogen-bond acceptors (Lipinski definition) is 2. The van der Waals surface area contributed by atoms with E-state index in [1.165, 1.54) is 0 Å². The van der Waals surface area contributed by atoms with Gasteiger partial charge in [0.2, 0.25) is 0 Å². The van der Waals surface area contributed by atoms with E-state index in [9.17, 15) is 4.79 Å². The van der Waals surface area contributed by atoms with Crippen molar-refractivity contribution in [1.82, 2.24) is 0 Å². The summed E-state index contributed by atoms with van der Waals surface area (Å²) in [5.74, 6) is 1.45. The van der Waals surface area contributed by atoms with Crippen LogP contribution in [0.3, 0.4) is 0 Å². The molecule has 17 heavy (non-hydrogen) atoms. The maximum atomic E-state index is 12.1. The van der Waals surface area contributed by atoms with Gasteiger partial charge in [0.1, 0.15) is 5.75 Å². The summed E-state index contributed by atoms with van der Waals surface area (Å²) in [5.41, 5.74) is 0.766. The van der Waals surface area contributed by atoms with Gasteiger partial charge < -0.3 is 4.74 Å². The maximum absolute atomic E-state index is 12.1. The van der Waals surface area contributed by atoms with Crippen molar-refractivity contribution in [2.24, 2.45) is 11.8 Å². The van der Waals surface area contributed by atoms with Gasteiger partial charge in [-0.25, -0.2) is 0 Å². The van der Waals surface area contributed by atoms with Gasteiger partial charge >= 0.3 is 0 Å². The van der Waals surface area contributed by atoms with Gasteiger partial charge in [0.05, 0.1) is 6.10 Å². The number of carbonyl (C=O) groups excluding carboxylic acids is 1. The van der Waals surface area contributed by atoms with Gasteiger partial charge in [-0.15, -0.1) is 0 Å². The summed E-state index contributed by atoms with van der Waals surface area (Å²) in [6.45, 7) is 10.1. The third-order valence-corrected chi connectivity index (χ3v) is 2.92. The highest BCUT2D eigenvalue weighted by Crippen LogP contribution is 2.19. The molecule has 0 aromatic heterocycles. The molecule has 0 saturated heterocycles. The summed E-state index contributed by atoms with van der Waals surface area (Å²) in [7, 11) is 0. The number of Topliss-reactive ketones (excluding diaryl/α,β-unsaturated/α-hetero) is 1. The van der Waals surface area contributed by atoms with Gasteiger partial charge in [-0.05, 0) is 44.0 Å². The van der Waals surface area contributed by atoms with Crippen LogP contribution in [0.4, 0.5) is 0 Å². The molecule has 94 valence electrons. The molecule has 0 fully saturated rings. The van der Waals surface area contributed by atoms with Crippen molar-refractivity contribution in [2.45, 2.75) is 40.7 Å². The summed E-state index contributed by atoms with van der Waals surface area (Å²) in [5, 5.41) is 0. The second kappa shape index (κ2) is 5.85. The smallest absolute Gasteiger partial charge is 0.165 e. The molecule has 0 bridgehead atoms. The van der Waals surface area contributed by atoms with Gasteiger partial charge in [-0.2, -0.15) is 0 Å². The Morgan fingerprint density at radius 3 is 1.94 bits per heavy atom. The molecule has 2 nitrogen and oxygen atoms in total. The molecule has 0 amide bonds. The van der Waals surface area contributed by atoms with Crippen LogP contribution in [-0.2, 0) is 0 Å². The largest absolute Gasteiger partial charge is 0.491 e. The van der Waals surface area contributed by atoms with Crippen molar-refractivity contribution in [3.8, 4) is 5.75 Å². The molecule has 0 saturated carbocycles. The van der Waals surface area contributed by atoms with E-state index in [0.29, 0.717) is 5.92 Å². The quantitative estimate of drug-likeness (QED) is 0.721. The summed E-state index contributed by atoms with van der Waals surface area (Å²) >= 11 is 0.